The van der Waals surface area contributed by atoms with Crippen molar-refractivity contribution in [3.8, 4) is 5.75 Å². The van der Waals surface area contributed by atoms with E-state index in [4.69, 9.17) is 27.9 Å². The molecule has 0 fully saturated rings. The van der Waals surface area contributed by atoms with Crippen LogP contribution >= 0.6 is 34.5 Å². The van der Waals surface area contributed by atoms with Gasteiger partial charge < -0.3 is 4.74 Å². The number of rotatable bonds is 7. The van der Waals surface area contributed by atoms with Crippen molar-refractivity contribution in [2.24, 2.45) is 0 Å². The molecule has 2 aromatic carbocycles. The van der Waals surface area contributed by atoms with Crippen LogP contribution in [0.3, 0.4) is 0 Å². The Hall–Kier alpha value is -2.41. The minimum Gasteiger partial charge on any atom is -0.484 e. The second-order valence-electron chi connectivity index (χ2n) is 6.00. The van der Waals surface area contributed by atoms with Crippen molar-refractivity contribution in [1.29, 1.82) is 0 Å². The number of carbonyl (C=O) groups excluding carboxylic acids is 2. The van der Waals surface area contributed by atoms with Crippen LogP contribution in [0.1, 0.15) is 27.7 Å². The molecule has 144 valence electrons. The molecular formula is C20H16Cl2N2O3S. The summed E-state index contributed by atoms with van der Waals surface area (Å²) >= 11 is 13.4. The van der Waals surface area contributed by atoms with Gasteiger partial charge >= 0.3 is 0 Å². The Kier molecular flexibility index (Phi) is 6.67. The van der Waals surface area contributed by atoms with Crippen LogP contribution in [0, 0.1) is 0 Å². The van der Waals surface area contributed by atoms with Gasteiger partial charge in [-0.1, -0.05) is 23.2 Å². The molecule has 0 spiro atoms. The van der Waals surface area contributed by atoms with E-state index < -0.39 is 0 Å². The van der Waals surface area contributed by atoms with Gasteiger partial charge in [-0.05, 0) is 55.0 Å². The number of ether oxygens (including phenoxy) is 1. The molecule has 0 unspecified atom stereocenters. The molecule has 0 radical (unpaired) electrons. The predicted molar refractivity (Wildman–Crippen MR) is 112 cm³/mol. The zero-order valence-corrected chi connectivity index (χ0v) is 17.2. The van der Waals surface area contributed by atoms with Crippen LogP contribution in [0.4, 0.5) is 5.13 Å². The number of nitrogens with one attached hydrogen (secondary N) is 1. The summed E-state index contributed by atoms with van der Waals surface area (Å²) in [5.41, 5.74) is 1.56. The van der Waals surface area contributed by atoms with Crippen LogP contribution in [0.5, 0.6) is 5.75 Å². The summed E-state index contributed by atoms with van der Waals surface area (Å²) in [5, 5.41) is 4.35. The van der Waals surface area contributed by atoms with Crippen LogP contribution in [0.2, 0.25) is 10.0 Å². The fourth-order valence-electron chi connectivity index (χ4n) is 2.45. The molecule has 1 heterocycles. The molecule has 1 amide bonds. The number of aromatic nitrogens is 1. The Morgan fingerprint density at radius 2 is 1.79 bits per heavy atom. The van der Waals surface area contributed by atoms with Gasteiger partial charge in [-0.25, -0.2) is 4.98 Å². The van der Waals surface area contributed by atoms with Gasteiger partial charge in [0.15, 0.2) is 17.5 Å². The summed E-state index contributed by atoms with van der Waals surface area (Å²) < 4.78 is 5.43. The number of ketones is 1. The Balaban J connectivity index is 1.52. The second-order valence-corrected chi connectivity index (χ2v) is 7.99. The molecule has 0 saturated carbocycles. The number of carbonyl (C=O) groups is 2. The van der Waals surface area contributed by atoms with Crippen molar-refractivity contribution in [2.45, 2.75) is 13.3 Å². The number of halogens is 2. The molecule has 1 aromatic heterocycles. The van der Waals surface area contributed by atoms with Gasteiger partial charge in [0.2, 0.25) is 0 Å². The average molecular weight is 435 g/mol. The quantitative estimate of drug-likeness (QED) is 0.514. The highest BCUT2D eigenvalue weighted by Crippen LogP contribution is 2.25. The van der Waals surface area contributed by atoms with Gasteiger partial charge in [0.25, 0.3) is 5.91 Å². The molecule has 0 saturated heterocycles. The van der Waals surface area contributed by atoms with Crippen molar-refractivity contribution in [3.63, 3.8) is 0 Å². The van der Waals surface area contributed by atoms with E-state index in [9.17, 15) is 9.59 Å². The van der Waals surface area contributed by atoms with Gasteiger partial charge in [-0.2, -0.15) is 0 Å². The Morgan fingerprint density at radius 1 is 1.11 bits per heavy atom. The third kappa shape index (κ3) is 5.79. The SMILES string of the molecule is CC(=O)c1ccc(OCC(=O)Nc2ncc(Cc3cc(Cl)cc(Cl)c3)s2)cc1. The largest absolute Gasteiger partial charge is 0.484 e. The smallest absolute Gasteiger partial charge is 0.264 e. The Morgan fingerprint density at radius 3 is 2.43 bits per heavy atom. The number of hydrogen-bond donors (Lipinski definition) is 1. The summed E-state index contributed by atoms with van der Waals surface area (Å²) in [5.74, 6) is 0.170. The standard InChI is InChI=1S/C20H16Cl2N2O3S/c1-12(25)14-2-4-17(5-3-14)27-11-19(26)24-20-23-10-18(28-20)8-13-6-15(21)9-16(22)7-13/h2-7,9-10H,8,11H2,1H3,(H,23,24,26). The third-order valence-corrected chi connectivity index (χ3v) is 5.08. The highest BCUT2D eigenvalue weighted by Gasteiger charge is 2.09. The van der Waals surface area contributed by atoms with E-state index in [0.717, 1.165) is 10.4 Å². The van der Waals surface area contributed by atoms with Crippen LogP contribution in [0.15, 0.2) is 48.7 Å². The van der Waals surface area contributed by atoms with Crippen LogP contribution in [0.25, 0.3) is 0 Å². The van der Waals surface area contributed by atoms with Crippen LogP contribution in [-0.2, 0) is 11.2 Å². The summed E-state index contributed by atoms with van der Waals surface area (Å²) in [6, 6.07) is 12.0. The van der Waals surface area contributed by atoms with Crippen LogP contribution < -0.4 is 10.1 Å². The van der Waals surface area contributed by atoms with Gasteiger partial charge in [0.1, 0.15) is 5.75 Å². The number of hydrogen-bond acceptors (Lipinski definition) is 5. The highest BCUT2D eigenvalue weighted by molar-refractivity contribution is 7.15. The summed E-state index contributed by atoms with van der Waals surface area (Å²) in [7, 11) is 0. The molecule has 0 aliphatic rings. The van der Waals surface area contributed by atoms with Gasteiger partial charge in [0.05, 0.1) is 0 Å². The molecule has 1 N–H and O–H groups in total. The molecule has 0 aliphatic heterocycles. The maximum Gasteiger partial charge on any atom is 0.264 e. The number of benzene rings is 2. The maximum atomic E-state index is 12.1. The van der Waals surface area contributed by atoms with E-state index in [1.165, 1.54) is 18.3 Å². The van der Waals surface area contributed by atoms with Gasteiger partial charge in [0, 0.05) is 33.1 Å². The van der Waals surface area contributed by atoms with Crippen molar-refractivity contribution in [2.75, 3.05) is 11.9 Å². The molecule has 0 aliphatic carbocycles. The number of anilines is 1. The van der Waals surface area contributed by atoms with Crippen molar-refractivity contribution in [3.05, 3.63) is 74.7 Å². The molecule has 0 bridgehead atoms. The summed E-state index contributed by atoms with van der Waals surface area (Å²) in [6.07, 6.45) is 2.32. The number of amides is 1. The molecule has 0 atom stereocenters. The highest BCUT2D eigenvalue weighted by atomic mass is 35.5. The predicted octanol–water partition coefficient (Wildman–Crippen LogP) is 5.26. The van der Waals surface area contributed by atoms with Gasteiger partial charge in [-0.15, -0.1) is 11.3 Å². The zero-order chi connectivity index (χ0) is 20.1. The minimum absolute atomic E-state index is 0.0242. The number of Topliss-reactive ketones (excluding diaryl/α,β-unsaturated/α-hetero) is 1. The lowest BCUT2D eigenvalue weighted by atomic mass is 10.1. The van der Waals surface area contributed by atoms with Crippen LogP contribution in [-0.4, -0.2) is 23.3 Å². The number of thiazole rings is 1. The normalized spacial score (nSPS) is 10.5. The first kappa shape index (κ1) is 20.3. The van der Waals surface area contributed by atoms with Crippen molar-refractivity contribution in [1.82, 2.24) is 4.98 Å². The first-order chi connectivity index (χ1) is 13.4. The summed E-state index contributed by atoms with van der Waals surface area (Å²) in [6.45, 7) is 1.34. The number of nitrogens with zero attached hydrogens (tertiary/aromatic N) is 1. The lowest BCUT2D eigenvalue weighted by Gasteiger charge is -2.06. The Labute approximate surface area is 176 Å². The molecule has 3 rings (SSSR count). The van der Waals surface area contributed by atoms with E-state index in [0.29, 0.717) is 32.9 Å². The molecule has 3 aromatic rings. The average Bonchev–Trinajstić information content (AvgIpc) is 3.06. The first-order valence-electron chi connectivity index (χ1n) is 8.32. The van der Waals surface area contributed by atoms with E-state index in [1.54, 1.807) is 36.5 Å². The first-order valence-corrected chi connectivity index (χ1v) is 9.89. The van der Waals surface area contributed by atoms with Crippen molar-refractivity contribution < 1.29 is 14.3 Å². The molecule has 8 heteroatoms. The van der Waals surface area contributed by atoms with E-state index in [-0.39, 0.29) is 18.3 Å². The van der Waals surface area contributed by atoms with Gasteiger partial charge in [-0.3, -0.25) is 14.9 Å². The van der Waals surface area contributed by atoms with E-state index in [1.807, 2.05) is 12.1 Å². The maximum absolute atomic E-state index is 12.1. The Bertz CT molecular complexity index is 983. The third-order valence-electron chi connectivity index (χ3n) is 3.73. The fraction of sp³-hybridized carbons (Fsp3) is 0.150. The zero-order valence-electron chi connectivity index (χ0n) is 14.9. The molecular weight excluding hydrogens is 419 g/mol. The van der Waals surface area contributed by atoms with E-state index >= 15 is 0 Å². The van der Waals surface area contributed by atoms with Crippen molar-refractivity contribution >= 4 is 51.4 Å². The lowest BCUT2D eigenvalue weighted by Crippen LogP contribution is -2.20. The monoisotopic (exact) mass is 434 g/mol. The molecule has 28 heavy (non-hydrogen) atoms. The lowest BCUT2D eigenvalue weighted by molar-refractivity contribution is -0.118. The minimum atomic E-state index is -0.317. The fourth-order valence-corrected chi connectivity index (χ4v) is 3.89. The topological polar surface area (TPSA) is 68.3 Å². The molecule has 5 nitrogen and oxygen atoms in total. The van der Waals surface area contributed by atoms with E-state index in [2.05, 4.69) is 10.3 Å². The summed E-state index contributed by atoms with van der Waals surface area (Å²) in [4.78, 5) is 28.5. The second kappa shape index (κ2) is 9.19.